The molecule has 0 bridgehead atoms. The summed E-state index contributed by atoms with van der Waals surface area (Å²) >= 11 is 0. The number of hydrogen-bond acceptors (Lipinski definition) is 1. The maximum Gasteiger partial charge on any atom is 0.0621 e. The summed E-state index contributed by atoms with van der Waals surface area (Å²) < 4.78 is 0. The number of allylic oxidation sites excluding steroid dienone is 1. The summed E-state index contributed by atoms with van der Waals surface area (Å²) in [6, 6.07) is 12.5. The van der Waals surface area contributed by atoms with Gasteiger partial charge in [-0.2, -0.15) is 5.26 Å². The van der Waals surface area contributed by atoms with Crippen LogP contribution in [0.5, 0.6) is 0 Å². The highest BCUT2D eigenvalue weighted by atomic mass is 14.2. The molecule has 1 nitrogen and oxygen atoms in total. The third-order valence-electron chi connectivity index (χ3n) is 2.32. The Morgan fingerprint density at radius 2 is 2.07 bits per heavy atom. The van der Waals surface area contributed by atoms with Crippen LogP contribution in [-0.4, -0.2) is 0 Å². The number of rotatable bonds is 5. The summed E-state index contributed by atoms with van der Waals surface area (Å²) in [5.74, 6) is 0.393. The molecule has 0 fully saturated rings. The molecule has 0 aliphatic carbocycles. The monoisotopic (exact) mass is 185 g/mol. The Bertz CT molecular complexity index is 308. The Kier molecular flexibility index (Phi) is 4.50. The number of nitrogens with zero attached hydrogens (tertiary/aromatic N) is 1. The van der Waals surface area contributed by atoms with Crippen LogP contribution in [0.15, 0.2) is 43.0 Å². The Morgan fingerprint density at radius 1 is 1.36 bits per heavy atom. The van der Waals surface area contributed by atoms with Crippen LogP contribution in [-0.2, 0) is 0 Å². The molecule has 1 atom stereocenters. The SMILES string of the molecule is C=CC(CCCC#N)c1ccccc1. The molecule has 0 N–H and O–H groups in total. The lowest BCUT2D eigenvalue weighted by molar-refractivity contribution is 0.689. The summed E-state index contributed by atoms with van der Waals surface area (Å²) in [4.78, 5) is 0. The highest BCUT2D eigenvalue weighted by Gasteiger charge is 2.05. The molecule has 14 heavy (non-hydrogen) atoms. The summed E-state index contributed by atoms with van der Waals surface area (Å²) in [7, 11) is 0. The molecule has 0 saturated heterocycles. The van der Waals surface area contributed by atoms with Crippen molar-refractivity contribution in [3.63, 3.8) is 0 Å². The Hall–Kier alpha value is -1.55. The lowest BCUT2D eigenvalue weighted by Crippen LogP contribution is -1.94. The first-order valence-electron chi connectivity index (χ1n) is 4.93. The van der Waals surface area contributed by atoms with Crippen molar-refractivity contribution in [1.82, 2.24) is 0 Å². The molecule has 0 aliphatic rings. The highest BCUT2D eigenvalue weighted by molar-refractivity contribution is 5.22. The van der Waals surface area contributed by atoms with E-state index in [1.54, 1.807) is 0 Å². The summed E-state index contributed by atoms with van der Waals surface area (Å²) in [5, 5.41) is 8.45. The van der Waals surface area contributed by atoms with E-state index < -0.39 is 0 Å². The van der Waals surface area contributed by atoms with Crippen LogP contribution in [0.3, 0.4) is 0 Å². The fourth-order valence-electron chi connectivity index (χ4n) is 1.52. The van der Waals surface area contributed by atoms with Gasteiger partial charge in [0.25, 0.3) is 0 Å². The van der Waals surface area contributed by atoms with Crippen LogP contribution >= 0.6 is 0 Å². The zero-order chi connectivity index (χ0) is 10.2. The van der Waals surface area contributed by atoms with E-state index in [2.05, 4.69) is 24.8 Å². The zero-order valence-corrected chi connectivity index (χ0v) is 8.32. The van der Waals surface area contributed by atoms with E-state index in [0.29, 0.717) is 12.3 Å². The molecule has 1 aromatic carbocycles. The number of unbranched alkanes of at least 4 members (excludes halogenated alkanes) is 1. The quantitative estimate of drug-likeness (QED) is 0.507. The summed E-state index contributed by atoms with van der Waals surface area (Å²) in [6.45, 7) is 3.83. The average molecular weight is 185 g/mol. The van der Waals surface area contributed by atoms with Gasteiger partial charge in [-0.15, -0.1) is 6.58 Å². The zero-order valence-electron chi connectivity index (χ0n) is 8.32. The van der Waals surface area contributed by atoms with E-state index in [1.807, 2.05) is 24.3 Å². The largest absolute Gasteiger partial charge is 0.198 e. The molecule has 1 unspecified atom stereocenters. The van der Waals surface area contributed by atoms with Gasteiger partial charge < -0.3 is 0 Å². The van der Waals surface area contributed by atoms with Crippen LogP contribution in [0.25, 0.3) is 0 Å². The van der Waals surface area contributed by atoms with Crippen LogP contribution in [0, 0.1) is 11.3 Å². The lowest BCUT2D eigenvalue weighted by atomic mass is 9.94. The molecule has 0 aromatic heterocycles. The molecule has 0 heterocycles. The lowest BCUT2D eigenvalue weighted by Gasteiger charge is -2.11. The molecule has 0 aliphatic heterocycles. The molecule has 1 rings (SSSR count). The van der Waals surface area contributed by atoms with E-state index in [9.17, 15) is 0 Å². The van der Waals surface area contributed by atoms with Gasteiger partial charge >= 0.3 is 0 Å². The molecule has 1 heteroatoms. The minimum absolute atomic E-state index is 0.393. The fraction of sp³-hybridized carbons (Fsp3) is 0.308. The Labute approximate surface area is 85.7 Å². The third-order valence-corrected chi connectivity index (χ3v) is 2.32. The Morgan fingerprint density at radius 3 is 2.64 bits per heavy atom. The second kappa shape index (κ2) is 5.99. The second-order valence-corrected chi connectivity index (χ2v) is 3.30. The minimum Gasteiger partial charge on any atom is -0.198 e. The van der Waals surface area contributed by atoms with Crippen molar-refractivity contribution in [2.45, 2.75) is 25.2 Å². The van der Waals surface area contributed by atoms with Crippen molar-refractivity contribution in [3.05, 3.63) is 48.6 Å². The maximum absolute atomic E-state index is 8.45. The van der Waals surface area contributed by atoms with E-state index in [4.69, 9.17) is 5.26 Å². The van der Waals surface area contributed by atoms with Gasteiger partial charge in [-0.25, -0.2) is 0 Å². The molecule has 0 amide bonds. The molecule has 72 valence electrons. The van der Waals surface area contributed by atoms with Crippen molar-refractivity contribution < 1.29 is 0 Å². The van der Waals surface area contributed by atoms with Gasteiger partial charge in [0, 0.05) is 12.3 Å². The van der Waals surface area contributed by atoms with Crippen LogP contribution < -0.4 is 0 Å². The van der Waals surface area contributed by atoms with E-state index >= 15 is 0 Å². The van der Waals surface area contributed by atoms with E-state index in [-0.39, 0.29) is 0 Å². The van der Waals surface area contributed by atoms with Crippen molar-refractivity contribution in [3.8, 4) is 6.07 Å². The van der Waals surface area contributed by atoms with Gasteiger partial charge in [-0.1, -0.05) is 36.4 Å². The maximum atomic E-state index is 8.45. The molecule has 0 radical (unpaired) electrons. The summed E-state index contributed by atoms with van der Waals surface area (Å²) in [6.07, 6.45) is 4.56. The van der Waals surface area contributed by atoms with Gasteiger partial charge in [0.05, 0.1) is 6.07 Å². The van der Waals surface area contributed by atoms with Crippen molar-refractivity contribution in [2.75, 3.05) is 0 Å². The van der Waals surface area contributed by atoms with Gasteiger partial charge in [0.1, 0.15) is 0 Å². The standard InChI is InChI=1S/C13H15N/c1-2-12(8-6-7-11-14)13-9-4-3-5-10-13/h2-5,9-10,12H,1,6-8H2. The smallest absolute Gasteiger partial charge is 0.0621 e. The highest BCUT2D eigenvalue weighted by Crippen LogP contribution is 2.22. The normalized spacial score (nSPS) is 11.6. The van der Waals surface area contributed by atoms with Crippen LogP contribution in [0.4, 0.5) is 0 Å². The molecule has 0 saturated carbocycles. The molecular weight excluding hydrogens is 170 g/mol. The first-order chi connectivity index (χ1) is 6.88. The second-order valence-electron chi connectivity index (χ2n) is 3.30. The van der Waals surface area contributed by atoms with Gasteiger partial charge in [-0.3, -0.25) is 0 Å². The van der Waals surface area contributed by atoms with Gasteiger partial charge in [0.15, 0.2) is 0 Å². The molecular formula is C13H15N. The topological polar surface area (TPSA) is 23.8 Å². The number of nitriles is 1. The predicted octanol–water partition coefficient (Wildman–Crippen LogP) is 3.65. The average Bonchev–Trinajstić information content (AvgIpc) is 2.26. The number of hydrogen-bond donors (Lipinski definition) is 0. The van der Waals surface area contributed by atoms with Crippen LogP contribution in [0.2, 0.25) is 0 Å². The van der Waals surface area contributed by atoms with Crippen molar-refractivity contribution in [2.24, 2.45) is 0 Å². The minimum atomic E-state index is 0.393. The molecule has 1 aromatic rings. The van der Waals surface area contributed by atoms with Crippen molar-refractivity contribution in [1.29, 1.82) is 5.26 Å². The van der Waals surface area contributed by atoms with Gasteiger partial charge in [0.2, 0.25) is 0 Å². The fourth-order valence-corrected chi connectivity index (χ4v) is 1.52. The molecule has 0 spiro atoms. The van der Waals surface area contributed by atoms with E-state index in [1.165, 1.54) is 5.56 Å². The predicted molar refractivity (Wildman–Crippen MR) is 58.8 cm³/mol. The van der Waals surface area contributed by atoms with E-state index in [0.717, 1.165) is 12.8 Å². The van der Waals surface area contributed by atoms with Crippen molar-refractivity contribution >= 4 is 0 Å². The Balaban J connectivity index is 2.55. The third kappa shape index (κ3) is 3.06. The summed E-state index contributed by atoms with van der Waals surface area (Å²) in [5.41, 5.74) is 1.29. The number of benzene rings is 1. The first-order valence-corrected chi connectivity index (χ1v) is 4.93. The van der Waals surface area contributed by atoms with Gasteiger partial charge in [-0.05, 0) is 18.4 Å². The first kappa shape index (κ1) is 10.5. The van der Waals surface area contributed by atoms with Crippen LogP contribution in [0.1, 0.15) is 30.7 Å².